The van der Waals surface area contributed by atoms with Crippen LogP contribution in [0.1, 0.15) is 44.2 Å². The Morgan fingerprint density at radius 2 is 1.89 bits per heavy atom. The quantitative estimate of drug-likeness (QED) is 0.340. The summed E-state index contributed by atoms with van der Waals surface area (Å²) in [4.78, 5) is 22.9. The highest BCUT2D eigenvalue weighted by atomic mass is 16.6. The largest absolute Gasteiger partial charge is 0.487 e. The van der Waals surface area contributed by atoms with Gasteiger partial charge in [-0.25, -0.2) is 0 Å². The molecule has 0 bridgehead atoms. The summed E-state index contributed by atoms with van der Waals surface area (Å²) < 4.78 is 5.40. The second-order valence-corrected chi connectivity index (χ2v) is 6.46. The molecule has 0 saturated heterocycles. The van der Waals surface area contributed by atoms with E-state index in [2.05, 4.69) is 12.2 Å². The number of ether oxygens (including phenoxy) is 1. The number of nitrogens with zero attached hydrogens (tertiary/aromatic N) is 1. The number of aryl methyl sites for hydroxylation is 1. The Kier molecular flexibility index (Phi) is 8.21. The third-order valence-electron chi connectivity index (χ3n) is 4.11. The van der Waals surface area contributed by atoms with Crippen molar-refractivity contribution in [1.82, 2.24) is 0 Å². The lowest BCUT2D eigenvalue weighted by atomic mass is 10.1. The SMILES string of the molecule is CCCCc1ccc(NC(=O)/C=C/c2ccc(OCCC)c([N+](=O)[O-])c2)cc1. The monoisotopic (exact) mass is 382 g/mol. The van der Waals surface area contributed by atoms with Gasteiger partial charge in [0.1, 0.15) is 0 Å². The van der Waals surface area contributed by atoms with Crippen molar-refractivity contribution < 1.29 is 14.5 Å². The van der Waals surface area contributed by atoms with Gasteiger partial charge in [0.05, 0.1) is 11.5 Å². The Morgan fingerprint density at radius 1 is 1.14 bits per heavy atom. The van der Waals surface area contributed by atoms with E-state index in [-0.39, 0.29) is 17.3 Å². The van der Waals surface area contributed by atoms with Crippen LogP contribution in [0.4, 0.5) is 11.4 Å². The van der Waals surface area contributed by atoms with Gasteiger partial charge in [-0.15, -0.1) is 0 Å². The van der Waals surface area contributed by atoms with E-state index >= 15 is 0 Å². The molecular weight excluding hydrogens is 356 g/mol. The summed E-state index contributed by atoms with van der Waals surface area (Å²) in [6.45, 7) is 4.50. The molecule has 0 spiro atoms. The predicted molar refractivity (Wildman–Crippen MR) is 112 cm³/mol. The Hall–Kier alpha value is -3.15. The van der Waals surface area contributed by atoms with Gasteiger partial charge in [-0.3, -0.25) is 14.9 Å². The molecule has 148 valence electrons. The minimum atomic E-state index is -0.484. The smallest absolute Gasteiger partial charge is 0.311 e. The van der Waals surface area contributed by atoms with E-state index < -0.39 is 4.92 Å². The van der Waals surface area contributed by atoms with Crippen molar-refractivity contribution in [1.29, 1.82) is 0 Å². The molecule has 0 atom stereocenters. The third-order valence-corrected chi connectivity index (χ3v) is 4.11. The molecule has 2 aromatic carbocycles. The molecule has 0 radical (unpaired) electrons. The molecule has 0 aromatic heterocycles. The first-order valence-electron chi connectivity index (χ1n) is 9.52. The summed E-state index contributed by atoms with van der Waals surface area (Å²) in [5.41, 5.74) is 2.40. The zero-order valence-corrected chi connectivity index (χ0v) is 16.3. The topological polar surface area (TPSA) is 81.5 Å². The Morgan fingerprint density at radius 3 is 2.54 bits per heavy atom. The fraction of sp³-hybridized carbons (Fsp3) is 0.318. The minimum absolute atomic E-state index is 0.112. The summed E-state index contributed by atoms with van der Waals surface area (Å²) in [6.07, 6.45) is 6.98. The first-order valence-corrected chi connectivity index (χ1v) is 9.52. The van der Waals surface area contributed by atoms with Crippen molar-refractivity contribution in [3.63, 3.8) is 0 Å². The van der Waals surface area contributed by atoms with Crippen LogP contribution in [0.3, 0.4) is 0 Å². The highest BCUT2D eigenvalue weighted by molar-refractivity contribution is 6.01. The molecular formula is C22H26N2O4. The first kappa shape index (κ1) is 21.2. The molecule has 28 heavy (non-hydrogen) atoms. The fourth-order valence-corrected chi connectivity index (χ4v) is 2.61. The van der Waals surface area contributed by atoms with Crippen molar-refractivity contribution in [2.45, 2.75) is 39.5 Å². The van der Waals surface area contributed by atoms with Crippen molar-refractivity contribution in [2.24, 2.45) is 0 Å². The Labute approximate surface area is 165 Å². The lowest BCUT2D eigenvalue weighted by Crippen LogP contribution is -2.07. The van der Waals surface area contributed by atoms with Crippen LogP contribution in [0.25, 0.3) is 6.08 Å². The highest BCUT2D eigenvalue weighted by Crippen LogP contribution is 2.28. The second-order valence-electron chi connectivity index (χ2n) is 6.46. The number of nitro groups is 1. The van der Waals surface area contributed by atoms with Crippen molar-refractivity contribution in [3.05, 3.63) is 69.8 Å². The van der Waals surface area contributed by atoms with Gasteiger partial charge < -0.3 is 10.1 Å². The van der Waals surface area contributed by atoms with Gasteiger partial charge in [0, 0.05) is 17.8 Å². The number of rotatable bonds is 10. The number of carbonyl (C=O) groups excluding carboxylic acids is 1. The van der Waals surface area contributed by atoms with Gasteiger partial charge in [-0.2, -0.15) is 0 Å². The molecule has 0 unspecified atom stereocenters. The molecule has 1 N–H and O–H groups in total. The average Bonchev–Trinajstić information content (AvgIpc) is 2.70. The molecule has 0 fully saturated rings. The standard InChI is InChI=1S/C22H26N2O4/c1-3-5-6-17-7-11-19(12-8-17)23-22(25)14-10-18-9-13-21(28-15-4-2)20(16-18)24(26)27/h7-14,16H,3-6,15H2,1-2H3,(H,23,25)/b14-10+. The molecule has 0 saturated carbocycles. The number of unbranched alkanes of at least 4 members (excludes halogenated alkanes) is 1. The van der Waals surface area contributed by atoms with E-state index in [4.69, 9.17) is 4.74 Å². The summed E-state index contributed by atoms with van der Waals surface area (Å²) in [6, 6.07) is 12.4. The lowest BCUT2D eigenvalue weighted by molar-refractivity contribution is -0.385. The molecule has 6 heteroatoms. The van der Waals surface area contributed by atoms with E-state index in [1.807, 2.05) is 31.2 Å². The molecule has 1 amide bonds. The number of nitrogens with one attached hydrogen (secondary N) is 1. The maximum atomic E-state index is 12.1. The number of anilines is 1. The minimum Gasteiger partial charge on any atom is -0.487 e. The van der Waals surface area contributed by atoms with E-state index in [0.717, 1.165) is 25.7 Å². The Balaban J connectivity index is 2.01. The van der Waals surface area contributed by atoms with Crippen LogP contribution in [-0.2, 0) is 11.2 Å². The van der Waals surface area contributed by atoms with Crippen LogP contribution in [0.5, 0.6) is 5.75 Å². The number of nitro benzene ring substituents is 1. The number of hydrogen-bond acceptors (Lipinski definition) is 4. The van der Waals surface area contributed by atoms with Gasteiger partial charge >= 0.3 is 5.69 Å². The van der Waals surface area contributed by atoms with Crippen molar-refractivity contribution in [3.8, 4) is 5.75 Å². The average molecular weight is 382 g/mol. The van der Waals surface area contributed by atoms with Crippen LogP contribution in [0.15, 0.2) is 48.5 Å². The molecule has 0 aliphatic carbocycles. The zero-order chi connectivity index (χ0) is 20.4. The molecule has 0 aliphatic rings. The van der Waals surface area contributed by atoms with Crippen LogP contribution >= 0.6 is 0 Å². The van der Waals surface area contributed by atoms with E-state index in [1.165, 1.54) is 17.7 Å². The van der Waals surface area contributed by atoms with E-state index in [1.54, 1.807) is 18.2 Å². The van der Waals surface area contributed by atoms with Crippen LogP contribution < -0.4 is 10.1 Å². The number of amides is 1. The second kappa shape index (κ2) is 10.9. The molecule has 6 nitrogen and oxygen atoms in total. The van der Waals surface area contributed by atoms with E-state index in [0.29, 0.717) is 17.9 Å². The highest BCUT2D eigenvalue weighted by Gasteiger charge is 2.15. The van der Waals surface area contributed by atoms with E-state index in [9.17, 15) is 14.9 Å². The van der Waals surface area contributed by atoms with Crippen LogP contribution in [0, 0.1) is 10.1 Å². The Bertz CT molecular complexity index is 829. The van der Waals surface area contributed by atoms with Gasteiger partial charge in [0.25, 0.3) is 0 Å². The van der Waals surface area contributed by atoms with Crippen LogP contribution in [0.2, 0.25) is 0 Å². The lowest BCUT2D eigenvalue weighted by Gasteiger charge is -2.06. The van der Waals surface area contributed by atoms with Crippen molar-refractivity contribution >= 4 is 23.4 Å². The summed E-state index contributed by atoms with van der Waals surface area (Å²) >= 11 is 0. The maximum absolute atomic E-state index is 12.1. The molecule has 2 aromatic rings. The molecule has 0 heterocycles. The summed E-state index contributed by atoms with van der Waals surface area (Å²) in [5, 5.41) is 14.0. The normalized spacial score (nSPS) is 10.8. The molecule has 2 rings (SSSR count). The number of hydrogen-bond donors (Lipinski definition) is 1. The van der Waals surface area contributed by atoms with Gasteiger partial charge in [-0.1, -0.05) is 38.5 Å². The van der Waals surface area contributed by atoms with Gasteiger partial charge in [0.2, 0.25) is 5.91 Å². The first-order chi connectivity index (χ1) is 13.5. The maximum Gasteiger partial charge on any atom is 0.311 e. The number of benzene rings is 2. The summed E-state index contributed by atoms with van der Waals surface area (Å²) in [7, 11) is 0. The van der Waals surface area contributed by atoms with Gasteiger partial charge in [-0.05, 0) is 54.7 Å². The fourth-order valence-electron chi connectivity index (χ4n) is 2.61. The zero-order valence-electron chi connectivity index (χ0n) is 16.3. The summed E-state index contributed by atoms with van der Waals surface area (Å²) in [5.74, 6) is -0.0631. The predicted octanol–water partition coefficient (Wildman–Crippen LogP) is 5.38. The van der Waals surface area contributed by atoms with Gasteiger partial charge in [0.15, 0.2) is 5.75 Å². The van der Waals surface area contributed by atoms with Crippen molar-refractivity contribution in [2.75, 3.05) is 11.9 Å². The third kappa shape index (κ3) is 6.54. The van der Waals surface area contributed by atoms with Crippen LogP contribution in [-0.4, -0.2) is 17.4 Å². The molecule has 0 aliphatic heterocycles. The number of carbonyl (C=O) groups is 1.